The van der Waals surface area contributed by atoms with E-state index in [9.17, 15) is 18.0 Å². The molecule has 2 nitrogen and oxygen atoms in total. The minimum absolute atomic E-state index is 0.0350. The summed E-state index contributed by atoms with van der Waals surface area (Å²) in [5.41, 5.74) is 1.76. The fourth-order valence-corrected chi connectivity index (χ4v) is 1.91. The molecule has 0 saturated carbocycles. The topological polar surface area (TPSA) is 20.3 Å². The maximum absolute atomic E-state index is 12.4. The summed E-state index contributed by atoms with van der Waals surface area (Å²) in [7, 11) is 0. The lowest BCUT2D eigenvalue weighted by Gasteiger charge is -2.24. The number of amides is 1. The quantitative estimate of drug-likeness (QED) is 0.778. The van der Waals surface area contributed by atoms with E-state index in [0.29, 0.717) is 5.56 Å². The standard InChI is InChI=1S/C13H15ClF3NO/c1-9-3-4-10(2)11(7-9)12(19)18(6-5-14)8-13(15,16)17/h3-4,7H,5-6,8H2,1-2H3. The highest BCUT2D eigenvalue weighted by molar-refractivity contribution is 6.18. The van der Waals surface area contributed by atoms with Crippen LogP contribution in [0.15, 0.2) is 18.2 Å². The van der Waals surface area contributed by atoms with Gasteiger partial charge >= 0.3 is 6.18 Å². The Morgan fingerprint density at radius 2 is 1.95 bits per heavy atom. The lowest BCUT2D eigenvalue weighted by Crippen LogP contribution is -2.40. The Bertz CT molecular complexity index is 460. The highest BCUT2D eigenvalue weighted by Crippen LogP contribution is 2.20. The fraction of sp³-hybridized carbons (Fsp3) is 0.462. The summed E-state index contributed by atoms with van der Waals surface area (Å²) >= 11 is 5.47. The van der Waals surface area contributed by atoms with Crippen LogP contribution in [-0.2, 0) is 0 Å². The van der Waals surface area contributed by atoms with Gasteiger partial charge in [0.1, 0.15) is 6.54 Å². The van der Waals surface area contributed by atoms with Gasteiger partial charge in [0, 0.05) is 18.0 Å². The second-order valence-corrected chi connectivity index (χ2v) is 4.73. The van der Waals surface area contributed by atoms with Gasteiger partial charge in [0.2, 0.25) is 0 Å². The number of carbonyl (C=O) groups is 1. The van der Waals surface area contributed by atoms with Gasteiger partial charge in [0.25, 0.3) is 5.91 Å². The van der Waals surface area contributed by atoms with Gasteiger partial charge in [-0.05, 0) is 25.5 Å². The summed E-state index contributed by atoms with van der Waals surface area (Å²) < 4.78 is 37.3. The zero-order valence-corrected chi connectivity index (χ0v) is 11.5. The summed E-state index contributed by atoms with van der Waals surface area (Å²) in [5.74, 6) is -0.675. The van der Waals surface area contributed by atoms with Gasteiger partial charge < -0.3 is 4.90 Å². The van der Waals surface area contributed by atoms with Gasteiger partial charge in [-0.25, -0.2) is 0 Å². The van der Waals surface area contributed by atoms with Crippen molar-refractivity contribution < 1.29 is 18.0 Å². The minimum Gasteiger partial charge on any atom is -0.328 e. The number of alkyl halides is 4. The normalized spacial score (nSPS) is 11.5. The van der Waals surface area contributed by atoms with Crippen molar-refractivity contribution in [1.82, 2.24) is 4.90 Å². The zero-order chi connectivity index (χ0) is 14.6. The summed E-state index contributed by atoms with van der Waals surface area (Å²) in [6, 6.07) is 5.12. The van der Waals surface area contributed by atoms with Crippen molar-refractivity contribution in [3.05, 3.63) is 34.9 Å². The first-order chi connectivity index (χ1) is 8.74. The Morgan fingerprint density at radius 1 is 1.32 bits per heavy atom. The molecule has 0 fully saturated rings. The van der Waals surface area contributed by atoms with Gasteiger partial charge in [0.15, 0.2) is 0 Å². The van der Waals surface area contributed by atoms with E-state index in [1.807, 2.05) is 6.07 Å². The average molecular weight is 294 g/mol. The van der Waals surface area contributed by atoms with Crippen molar-refractivity contribution in [3.8, 4) is 0 Å². The van der Waals surface area contributed by atoms with Crippen LogP contribution in [0.3, 0.4) is 0 Å². The Morgan fingerprint density at radius 3 is 2.47 bits per heavy atom. The molecule has 0 N–H and O–H groups in total. The van der Waals surface area contributed by atoms with Crippen molar-refractivity contribution in [3.63, 3.8) is 0 Å². The molecule has 0 atom stereocenters. The largest absolute Gasteiger partial charge is 0.406 e. The molecule has 0 unspecified atom stereocenters. The van der Waals surface area contributed by atoms with E-state index in [2.05, 4.69) is 0 Å². The molecule has 0 aromatic heterocycles. The second kappa shape index (κ2) is 6.28. The van der Waals surface area contributed by atoms with Crippen LogP contribution in [0.4, 0.5) is 13.2 Å². The molecule has 19 heavy (non-hydrogen) atoms. The fourth-order valence-electron chi connectivity index (χ4n) is 1.71. The molecule has 0 bridgehead atoms. The minimum atomic E-state index is -4.43. The third kappa shape index (κ3) is 4.74. The van der Waals surface area contributed by atoms with Crippen LogP contribution in [0.5, 0.6) is 0 Å². The average Bonchev–Trinajstić information content (AvgIpc) is 2.29. The number of carbonyl (C=O) groups excluding carboxylic acids is 1. The summed E-state index contributed by atoms with van der Waals surface area (Å²) in [6.07, 6.45) is -4.43. The molecule has 1 rings (SSSR count). The van der Waals surface area contributed by atoms with Crippen LogP contribution >= 0.6 is 11.6 Å². The number of benzene rings is 1. The number of halogens is 4. The molecule has 0 spiro atoms. The molecule has 0 saturated heterocycles. The Kier molecular flexibility index (Phi) is 5.23. The third-order valence-electron chi connectivity index (χ3n) is 2.64. The van der Waals surface area contributed by atoms with E-state index < -0.39 is 18.6 Å². The van der Waals surface area contributed by atoms with Gasteiger partial charge in [0.05, 0.1) is 0 Å². The molecule has 0 radical (unpaired) electrons. The van der Waals surface area contributed by atoms with E-state index >= 15 is 0 Å². The van der Waals surface area contributed by atoms with E-state index in [-0.39, 0.29) is 18.0 Å². The molecule has 0 heterocycles. The summed E-state index contributed by atoms with van der Waals surface area (Å²) in [6.45, 7) is 2.06. The highest BCUT2D eigenvalue weighted by Gasteiger charge is 2.33. The lowest BCUT2D eigenvalue weighted by molar-refractivity contribution is -0.140. The molecule has 106 valence electrons. The van der Waals surface area contributed by atoms with Crippen molar-refractivity contribution in [2.75, 3.05) is 19.0 Å². The number of rotatable bonds is 4. The number of hydrogen-bond donors (Lipinski definition) is 0. The predicted octanol–water partition coefficient (Wildman–Crippen LogP) is 3.55. The molecule has 1 aromatic rings. The molecular weight excluding hydrogens is 279 g/mol. The second-order valence-electron chi connectivity index (χ2n) is 4.35. The SMILES string of the molecule is Cc1ccc(C)c(C(=O)N(CCCl)CC(F)(F)F)c1. The van der Waals surface area contributed by atoms with Gasteiger partial charge in [-0.1, -0.05) is 17.7 Å². The van der Waals surface area contributed by atoms with Crippen molar-refractivity contribution >= 4 is 17.5 Å². The maximum atomic E-state index is 12.4. The van der Waals surface area contributed by atoms with Gasteiger partial charge in [-0.2, -0.15) is 13.2 Å². The maximum Gasteiger partial charge on any atom is 0.406 e. The Hall–Kier alpha value is -1.23. The van der Waals surface area contributed by atoms with Crippen molar-refractivity contribution in [1.29, 1.82) is 0 Å². The summed E-state index contributed by atoms with van der Waals surface area (Å²) in [5, 5.41) is 0. The van der Waals surface area contributed by atoms with E-state index in [4.69, 9.17) is 11.6 Å². The first-order valence-electron chi connectivity index (χ1n) is 5.74. The van der Waals surface area contributed by atoms with E-state index in [1.165, 1.54) is 0 Å². The number of aryl methyl sites for hydroxylation is 2. The zero-order valence-electron chi connectivity index (χ0n) is 10.7. The van der Waals surface area contributed by atoms with Gasteiger partial charge in [-0.15, -0.1) is 11.6 Å². The lowest BCUT2D eigenvalue weighted by atomic mass is 10.0. The van der Waals surface area contributed by atoms with E-state index in [0.717, 1.165) is 10.5 Å². The molecule has 1 aromatic carbocycles. The molecule has 0 aliphatic heterocycles. The molecule has 6 heteroatoms. The van der Waals surface area contributed by atoms with E-state index in [1.54, 1.807) is 26.0 Å². The van der Waals surface area contributed by atoms with Gasteiger partial charge in [-0.3, -0.25) is 4.79 Å². The van der Waals surface area contributed by atoms with Crippen LogP contribution in [0.1, 0.15) is 21.5 Å². The third-order valence-corrected chi connectivity index (χ3v) is 2.80. The van der Waals surface area contributed by atoms with Crippen LogP contribution in [0.25, 0.3) is 0 Å². The Labute approximate surface area is 115 Å². The predicted molar refractivity (Wildman–Crippen MR) is 68.6 cm³/mol. The number of nitrogens with zero attached hydrogens (tertiary/aromatic N) is 1. The van der Waals surface area contributed by atoms with Crippen molar-refractivity contribution in [2.24, 2.45) is 0 Å². The number of hydrogen-bond acceptors (Lipinski definition) is 1. The van der Waals surface area contributed by atoms with Crippen LogP contribution in [-0.4, -0.2) is 36.0 Å². The molecule has 0 aliphatic rings. The highest BCUT2D eigenvalue weighted by atomic mass is 35.5. The first kappa shape index (κ1) is 15.8. The van der Waals surface area contributed by atoms with Crippen LogP contribution in [0, 0.1) is 13.8 Å². The molecular formula is C13H15ClF3NO. The van der Waals surface area contributed by atoms with Crippen LogP contribution in [0.2, 0.25) is 0 Å². The molecule has 1 amide bonds. The smallest absolute Gasteiger partial charge is 0.328 e. The molecule has 0 aliphatic carbocycles. The summed E-state index contributed by atoms with van der Waals surface area (Å²) in [4.78, 5) is 12.9. The van der Waals surface area contributed by atoms with Crippen LogP contribution < -0.4 is 0 Å². The Balaban J connectivity index is 3.02. The monoisotopic (exact) mass is 293 g/mol. The first-order valence-corrected chi connectivity index (χ1v) is 6.27. The van der Waals surface area contributed by atoms with Crippen molar-refractivity contribution in [2.45, 2.75) is 20.0 Å².